The van der Waals surface area contributed by atoms with E-state index in [0.717, 1.165) is 24.1 Å². The van der Waals surface area contributed by atoms with Gasteiger partial charge in [-0.15, -0.1) is 0 Å². The van der Waals surface area contributed by atoms with E-state index < -0.39 is 10.0 Å². The number of carbonyl (C=O) groups excluding carboxylic acids is 1. The quantitative estimate of drug-likeness (QED) is 0.890. The lowest BCUT2D eigenvalue weighted by Crippen LogP contribution is -2.28. The largest absolute Gasteiger partial charge is 0.327 e. The Labute approximate surface area is 141 Å². The summed E-state index contributed by atoms with van der Waals surface area (Å²) in [4.78, 5) is 16.1. The first-order valence-electron chi connectivity index (χ1n) is 7.84. The highest BCUT2D eigenvalue weighted by Gasteiger charge is 2.29. The molecule has 0 unspecified atom stereocenters. The minimum Gasteiger partial charge on any atom is -0.327 e. The van der Waals surface area contributed by atoms with Crippen molar-refractivity contribution in [2.45, 2.75) is 31.3 Å². The topological polar surface area (TPSA) is 84.3 Å². The van der Waals surface area contributed by atoms with Gasteiger partial charge in [0.1, 0.15) is 6.54 Å². The van der Waals surface area contributed by atoms with E-state index in [1.165, 1.54) is 21.4 Å². The van der Waals surface area contributed by atoms with Crippen molar-refractivity contribution in [2.75, 3.05) is 18.4 Å². The van der Waals surface area contributed by atoms with Crippen molar-refractivity contribution < 1.29 is 13.2 Å². The van der Waals surface area contributed by atoms with E-state index in [1.807, 2.05) is 31.2 Å². The minimum absolute atomic E-state index is 0.00640. The zero-order chi connectivity index (χ0) is 17.2. The Balaban J connectivity index is 1.68. The summed E-state index contributed by atoms with van der Waals surface area (Å²) in [6.07, 6.45) is 4.53. The Morgan fingerprint density at radius 1 is 1.25 bits per heavy atom. The predicted octanol–water partition coefficient (Wildman–Crippen LogP) is 1.61. The highest BCUT2D eigenvalue weighted by molar-refractivity contribution is 7.89. The molecule has 2 heterocycles. The fraction of sp³-hybridized carbons (Fsp3) is 0.375. The van der Waals surface area contributed by atoms with Gasteiger partial charge in [0.15, 0.2) is 5.03 Å². The molecular formula is C16H20N4O3S. The standard InChI is InChI=1S/C16H20N4O3S/c1-13-6-2-3-7-14(13)18-15(21)10-19-11-16(17-12-19)24(22,23)20-8-4-5-9-20/h2-3,6-7,11-12H,4-5,8-10H2,1H3,(H,18,21). The van der Waals surface area contributed by atoms with Gasteiger partial charge in [-0.05, 0) is 31.4 Å². The van der Waals surface area contributed by atoms with Crippen LogP contribution in [0.2, 0.25) is 0 Å². The molecule has 24 heavy (non-hydrogen) atoms. The molecule has 0 aliphatic carbocycles. The number of aromatic nitrogens is 2. The maximum Gasteiger partial charge on any atom is 0.262 e. The first kappa shape index (κ1) is 16.7. The summed E-state index contributed by atoms with van der Waals surface area (Å²) >= 11 is 0. The third kappa shape index (κ3) is 3.49. The second-order valence-electron chi connectivity index (χ2n) is 5.86. The molecule has 0 atom stereocenters. The first-order chi connectivity index (χ1) is 11.5. The summed E-state index contributed by atoms with van der Waals surface area (Å²) in [5.74, 6) is -0.230. The summed E-state index contributed by atoms with van der Waals surface area (Å²) in [5, 5.41) is 2.81. The lowest BCUT2D eigenvalue weighted by Gasteiger charge is -2.12. The van der Waals surface area contributed by atoms with Gasteiger partial charge in [0.25, 0.3) is 10.0 Å². The molecule has 0 radical (unpaired) electrons. The number of amides is 1. The van der Waals surface area contributed by atoms with Gasteiger partial charge in [0.2, 0.25) is 5.91 Å². The van der Waals surface area contributed by atoms with Crippen molar-refractivity contribution >= 4 is 21.6 Å². The van der Waals surface area contributed by atoms with Crippen LogP contribution in [0.3, 0.4) is 0 Å². The number of anilines is 1. The van der Waals surface area contributed by atoms with Crippen LogP contribution in [0.4, 0.5) is 5.69 Å². The SMILES string of the molecule is Cc1ccccc1NC(=O)Cn1cnc(S(=O)(=O)N2CCCC2)c1. The number of imidazole rings is 1. The average molecular weight is 348 g/mol. The Morgan fingerprint density at radius 3 is 2.67 bits per heavy atom. The molecule has 1 aromatic carbocycles. The van der Waals surface area contributed by atoms with E-state index in [0.29, 0.717) is 13.1 Å². The lowest BCUT2D eigenvalue weighted by atomic mass is 10.2. The smallest absolute Gasteiger partial charge is 0.262 e. The molecule has 1 aliphatic rings. The molecule has 1 fully saturated rings. The fourth-order valence-electron chi connectivity index (χ4n) is 2.69. The van der Waals surface area contributed by atoms with Crippen LogP contribution in [0.5, 0.6) is 0 Å². The summed E-state index contributed by atoms with van der Waals surface area (Å²) in [5.41, 5.74) is 1.71. The molecule has 1 N–H and O–H groups in total. The van der Waals surface area contributed by atoms with Gasteiger partial charge in [-0.25, -0.2) is 13.4 Å². The van der Waals surface area contributed by atoms with Crippen LogP contribution < -0.4 is 5.32 Å². The molecule has 1 amide bonds. The van der Waals surface area contributed by atoms with Crippen LogP contribution in [0.15, 0.2) is 41.8 Å². The molecule has 128 valence electrons. The molecule has 0 spiro atoms. The number of carbonyl (C=O) groups is 1. The van der Waals surface area contributed by atoms with Crippen LogP contribution in [0.1, 0.15) is 18.4 Å². The molecule has 1 saturated heterocycles. The monoisotopic (exact) mass is 348 g/mol. The molecule has 1 aromatic heterocycles. The Kier molecular flexibility index (Phi) is 4.68. The third-order valence-electron chi connectivity index (χ3n) is 4.02. The third-order valence-corrected chi connectivity index (χ3v) is 5.81. The second-order valence-corrected chi connectivity index (χ2v) is 7.74. The molecule has 8 heteroatoms. The van der Waals surface area contributed by atoms with E-state index in [1.54, 1.807) is 0 Å². The maximum absolute atomic E-state index is 12.4. The molecular weight excluding hydrogens is 328 g/mol. The van der Waals surface area contributed by atoms with Gasteiger partial charge in [-0.1, -0.05) is 18.2 Å². The summed E-state index contributed by atoms with van der Waals surface area (Å²) in [7, 11) is -3.55. The fourth-order valence-corrected chi connectivity index (χ4v) is 4.14. The number of benzene rings is 1. The van der Waals surface area contributed by atoms with E-state index in [-0.39, 0.29) is 17.5 Å². The molecule has 1 aliphatic heterocycles. The van der Waals surface area contributed by atoms with Crippen LogP contribution in [-0.2, 0) is 21.4 Å². The van der Waals surface area contributed by atoms with Crippen molar-refractivity contribution in [1.29, 1.82) is 0 Å². The van der Waals surface area contributed by atoms with Gasteiger partial charge in [0, 0.05) is 25.0 Å². The summed E-state index contributed by atoms with van der Waals surface area (Å²) < 4.78 is 27.8. The number of nitrogens with zero attached hydrogens (tertiary/aromatic N) is 3. The molecule has 0 bridgehead atoms. The summed E-state index contributed by atoms with van der Waals surface area (Å²) in [6, 6.07) is 7.48. The van der Waals surface area contributed by atoms with Crippen molar-refractivity contribution in [3.8, 4) is 0 Å². The number of para-hydroxylation sites is 1. The highest BCUT2D eigenvalue weighted by atomic mass is 32.2. The number of sulfonamides is 1. The van der Waals surface area contributed by atoms with Crippen molar-refractivity contribution in [2.24, 2.45) is 0 Å². The lowest BCUT2D eigenvalue weighted by molar-refractivity contribution is -0.116. The number of rotatable bonds is 5. The van der Waals surface area contributed by atoms with Crippen LogP contribution in [-0.4, -0.2) is 41.3 Å². The van der Waals surface area contributed by atoms with E-state index in [4.69, 9.17) is 0 Å². The Bertz CT molecular complexity index is 839. The van der Waals surface area contributed by atoms with Gasteiger partial charge < -0.3 is 9.88 Å². The second kappa shape index (κ2) is 6.74. The number of hydrogen-bond donors (Lipinski definition) is 1. The van der Waals surface area contributed by atoms with E-state index >= 15 is 0 Å². The molecule has 3 rings (SSSR count). The van der Waals surface area contributed by atoms with E-state index in [2.05, 4.69) is 10.3 Å². The van der Waals surface area contributed by atoms with Gasteiger partial charge in [-0.2, -0.15) is 4.31 Å². The zero-order valence-electron chi connectivity index (χ0n) is 13.5. The Morgan fingerprint density at radius 2 is 1.96 bits per heavy atom. The van der Waals surface area contributed by atoms with Crippen molar-refractivity contribution in [1.82, 2.24) is 13.9 Å². The number of hydrogen-bond acceptors (Lipinski definition) is 4. The van der Waals surface area contributed by atoms with Crippen molar-refractivity contribution in [3.05, 3.63) is 42.4 Å². The summed E-state index contributed by atoms with van der Waals surface area (Å²) in [6.45, 7) is 2.98. The average Bonchev–Trinajstić information content (AvgIpc) is 3.21. The van der Waals surface area contributed by atoms with Crippen molar-refractivity contribution in [3.63, 3.8) is 0 Å². The minimum atomic E-state index is -3.55. The Hall–Kier alpha value is -2.19. The molecule has 7 nitrogen and oxygen atoms in total. The molecule has 2 aromatic rings. The normalized spacial score (nSPS) is 15.5. The predicted molar refractivity (Wildman–Crippen MR) is 90.0 cm³/mol. The first-order valence-corrected chi connectivity index (χ1v) is 9.28. The van der Waals surface area contributed by atoms with Crippen LogP contribution in [0, 0.1) is 6.92 Å². The number of nitrogens with one attached hydrogen (secondary N) is 1. The van der Waals surface area contributed by atoms with Crippen LogP contribution >= 0.6 is 0 Å². The highest BCUT2D eigenvalue weighted by Crippen LogP contribution is 2.19. The van der Waals surface area contributed by atoms with Crippen LogP contribution in [0.25, 0.3) is 0 Å². The number of aryl methyl sites for hydroxylation is 1. The van der Waals surface area contributed by atoms with E-state index in [9.17, 15) is 13.2 Å². The zero-order valence-corrected chi connectivity index (χ0v) is 14.3. The molecule has 0 saturated carbocycles. The van der Waals surface area contributed by atoms with Gasteiger partial charge >= 0.3 is 0 Å². The maximum atomic E-state index is 12.4. The van der Waals surface area contributed by atoms with Gasteiger partial charge in [-0.3, -0.25) is 4.79 Å². The van der Waals surface area contributed by atoms with Gasteiger partial charge in [0.05, 0.1) is 6.33 Å².